The Kier molecular flexibility index (Phi) is 3.49. The van der Waals surface area contributed by atoms with Gasteiger partial charge in [-0.05, 0) is 31.0 Å². The number of aryl methyl sites for hydroxylation is 1. The fourth-order valence-electron chi connectivity index (χ4n) is 2.43. The summed E-state index contributed by atoms with van der Waals surface area (Å²) < 4.78 is 3.00. The van der Waals surface area contributed by atoms with E-state index < -0.39 is 0 Å². The number of carbonyl (C=O) groups is 1. The average Bonchev–Trinajstić information content (AvgIpc) is 3.17. The molecule has 1 aliphatic rings. The number of hydrogen-bond acceptors (Lipinski definition) is 4. The summed E-state index contributed by atoms with van der Waals surface area (Å²) >= 11 is 1.73. The number of nitrogens with zero attached hydrogens (tertiary/aromatic N) is 3. The smallest absolute Gasteiger partial charge is 0.319 e. The van der Waals surface area contributed by atoms with Crippen LogP contribution in [-0.4, -0.2) is 20.6 Å². The maximum Gasteiger partial charge on any atom is 0.319 e. The zero-order chi connectivity index (χ0) is 15.8. The highest BCUT2D eigenvalue weighted by Crippen LogP contribution is 2.43. The molecule has 118 valence electrons. The normalized spacial score (nSPS) is 14.1. The Morgan fingerprint density at radius 2 is 2.30 bits per heavy atom. The molecule has 0 aliphatic heterocycles. The van der Waals surface area contributed by atoms with E-state index >= 15 is 0 Å². The summed E-state index contributed by atoms with van der Waals surface area (Å²) in [5, 5.41) is 6.89. The first-order chi connectivity index (χ1) is 11.2. The third kappa shape index (κ3) is 3.05. The Labute approximate surface area is 137 Å². The van der Waals surface area contributed by atoms with Gasteiger partial charge in [-0.1, -0.05) is 0 Å². The van der Waals surface area contributed by atoms with E-state index in [9.17, 15) is 4.79 Å². The Hall–Kier alpha value is -2.41. The predicted molar refractivity (Wildman–Crippen MR) is 90.7 cm³/mol. The van der Waals surface area contributed by atoms with Gasteiger partial charge in [-0.3, -0.25) is 0 Å². The molecule has 1 fully saturated rings. The van der Waals surface area contributed by atoms with Gasteiger partial charge >= 0.3 is 6.03 Å². The van der Waals surface area contributed by atoms with E-state index in [0.29, 0.717) is 12.5 Å². The Balaban J connectivity index is 1.42. The molecule has 2 heterocycles. The molecule has 0 bridgehead atoms. The van der Waals surface area contributed by atoms with Gasteiger partial charge in [0.15, 0.2) is 0 Å². The van der Waals surface area contributed by atoms with Crippen LogP contribution in [0.5, 0.6) is 0 Å². The Bertz CT molecular complexity index is 864. The standard InChI is InChI=1S/C16H17N5OS/c1-21-7-6-17-14(21)9-18-16(22)19-11-4-5-12-13(8-11)23-15(20-12)10-2-3-10/h4-8,10H,2-3,9H2,1H3,(H2,18,19,22). The van der Waals surface area contributed by atoms with Crippen molar-refractivity contribution >= 4 is 33.3 Å². The fraction of sp³-hybridized carbons (Fsp3) is 0.312. The molecule has 7 heteroatoms. The summed E-state index contributed by atoms with van der Waals surface area (Å²) in [5.74, 6) is 1.47. The van der Waals surface area contributed by atoms with Gasteiger partial charge in [0, 0.05) is 31.0 Å². The number of benzene rings is 1. The summed E-state index contributed by atoms with van der Waals surface area (Å²) in [6.07, 6.45) is 6.06. The molecule has 6 nitrogen and oxygen atoms in total. The van der Waals surface area contributed by atoms with Crippen molar-refractivity contribution in [2.75, 3.05) is 5.32 Å². The van der Waals surface area contributed by atoms with Crippen molar-refractivity contribution in [1.29, 1.82) is 0 Å². The molecule has 1 aliphatic carbocycles. The zero-order valence-corrected chi connectivity index (χ0v) is 13.6. The summed E-state index contributed by atoms with van der Waals surface area (Å²) in [5.41, 5.74) is 1.79. The van der Waals surface area contributed by atoms with E-state index in [-0.39, 0.29) is 6.03 Å². The van der Waals surface area contributed by atoms with E-state index in [2.05, 4.69) is 20.6 Å². The van der Waals surface area contributed by atoms with E-state index in [1.54, 1.807) is 17.5 Å². The van der Waals surface area contributed by atoms with Crippen LogP contribution >= 0.6 is 11.3 Å². The van der Waals surface area contributed by atoms with Gasteiger partial charge in [-0.15, -0.1) is 11.3 Å². The van der Waals surface area contributed by atoms with Crippen molar-refractivity contribution in [3.8, 4) is 0 Å². The quantitative estimate of drug-likeness (QED) is 0.773. The van der Waals surface area contributed by atoms with Crippen LogP contribution in [0.1, 0.15) is 29.6 Å². The first-order valence-electron chi connectivity index (χ1n) is 7.60. The number of carbonyl (C=O) groups excluding carboxylic acids is 1. The molecule has 0 spiro atoms. The highest BCUT2D eigenvalue weighted by atomic mass is 32.1. The number of anilines is 1. The number of rotatable bonds is 4. The zero-order valence-electron chi connectivity index (χ0n) is 12.7. The first-order valence-corrected chi connectivity index (χ1v) is 8.42. The molecule has 2 aromatic heterocycles. The number of nitrogens with one attached hydrogen (secondary N) is 2. The highest BCUT2D eigenvalue weighted by Gasteiger charge is 2.26. The summed E-state index contributed by atoms with van der Waals surface area (Å²) in [7, 11) is 1.90. The number of aromatic nitrogens is 3. The van der Waals surface area contributed by atoms with Gasteiger partial charge in [-0.2, -0.15) is 0 Å². The van der Waals surface area contributed by atoms with Crippen molar-refractivity contribution in [3.63, 3.8) is 0 Å². The number of thiazole rings is 1. The van der Waals surface area contributed by atoms with Crippen LogP contribution in [0.15, 0.2) is 30.6 Å². The maximum absolute atomic E-state index is 12.0. The van der Waals surface area contributed by atoms with Gasteiger partial charge in [0.05, 0.1) is 21.8 Å². The van der Waals surface area contributed by atoms with Gasteiger partial charge in [0.1, 0.15) is 5.82 Å². The molecule has 0 saturated heterocycles. The van der Waals surface area contributed by atoms with Gasteiger partial charge in [0.2, 0.25) is 0 Å². The van der Waals surface area contributed by atoms with Crippen LogP contribution in [0.4, 0.5) is 10.5 Å². The second kappa shape index (κ2) is 5.66. The van der Waals surface area contributed by atoms with Crippen LogP contribution in [0, 0.1) is 0 Å². The maximum atomic E-state index is 12.0. The fourth-order valence-corrected chi connectivity index (χ4v) is 3.60. The SMILES string of the molecule is Cn1ccnc1CNC(=O)Nc1ccc2nc(C3CC3)sc2c1. The minimum Gasteiger partial charge on any atom is -0.337 e. The minimum absolute atomic E-state index is 0.237. The molecular weight excluding hydrogens is 310 g/mol. The summed E-state index contributed by atoms with van der Waals surface area (Å²) in [4.78, 5) is 20.8. The number of imidazole rings is 1. The molecule has 23 heavy (non-hydrogen) atoms. The molecule has 2 amide bonds. The van der Waals surface area contributed by atoms with Crippen LogP contribution < -0.4 is 10.6 Å². The van der Waals surface area contributed by atoms with Crippen LogP contribution in [0.25, 0.3) is 10.2 Å². The third-order valence-corrected chi connectivity index (χ3v) is 5.10. The van der Waals surface area contributed by atoms with Gasteiger partial charge < -0.3 is 15.2 Å². The van der Waals surface area contributed by atoms with Crippen LogP contribution in [-0.2, 0) is 13.6 Å². The number of amides is 2. The van der Waals surface area contributed by atoms with E-state index in [0.717, 1.165) is 21.7 Å². The lowest BCUT2D eigenvalue weighted by atomic mass is 10.3. The Morgan fingerprint density at radius 3 is 3.04 bits per heavy atom. The van der Waals surface area contributed by atoms with Crippen molar-refractivity contribution < 1.29 is 4.79 Å². The number of fused-ring (bicyclic) bond motifs is 1. The predicted octanol–water partition coefficient (Wildman–Crippen LogP) is 3.23. The largest absolute Gasteiger partial charge is 0.337 e. The van der Waals surface area contributed by atoms with Gasteiger partial charge in [0.25, 0.3) is 0 Å². The molecule has 2 N–H and O–H groups in total. The molecular formula is C16H17N5OS. The lowest BCUT2D eigenvalue weighted by molar-refractivity contribution is 0.251. The second-order valence-electron chi connectivity index (χ2n) is 5.77. The minimum atomic E-state index is -0.237. The van der Waals surface area contributed by atoms with Crippen molar-refractivity contribution in [3.05, 3.63) is 41.4 Å². The third-order valence-electron chi connectivity index (χ3n) is 3.92. The topological polar surface area (TPSA) is 71.8 Å². The number of hydrogen-bond donors (Lipinski definition) is 2. The molecule has 1 aromatic carbocycles. The summed E-state index contributed by atoms with van der Waals surface area (Å²) in [6, 6.07) is 5.60. The number of urea groups is 1. The highest BCUT2D eigenvalue weighted by molar-refractivity contribution is 7.18. The summed E-state index contributed by atoms with van der Waals surface area (Å²) in [6.45, 7) is 0.393. The molecule has 0 unspecified atom stereocenters. The molecule has 0 radical (unpaired) electrons. The lowest BCUT2D eigenvalue weighted by Gasteiger charge is -2.07. The first kappa shape index (κ1) is 14.2. The van der Waals surface area contributed by atoms with Gasteiger partial charge in [-0.25, -0.2) is 14.8 Å². The molecule has 3 aromatic rings. The van der Waals surface area contributed by atoms with Crippen molar-refractivity contribution in [2.24, 2.45) is 7.05 Å². The van der Waals surface area contributed by atoms with E-state index in [4.69, 9.17) is 0 Å². The lowest BCUT2D eigenvalue weighted by Crippen LogP contribution is -2.29. The molecule has 0 atom stereocenters. The molecule has 4 rings (SSSR count). The Morgan fingerprint density at radius 1 is 1.43 bits per heavy atom. The monoisotopic (exact) mass is 327 g/mol. The van der Waals surface area contributed by atoms with E-state index in [1.807, 2.05) is 36.0 Å². The van der Waals surface area contributed by atoms with E-state index in [1.165, 1.54) is 17.8 Å². The van der Waals surface area contributed by atoms with Crippen molar-refractivity contribution in [1.82, 2.24) is 19.9 Å². The average molecular weight is 327 g/mol. The second-order valence-corrected chi connectivity index (χ2v) is 6.83. The van der Waals surface area contributed by atoms with Crippen LogP contribution in [0.2, 0.25) is 0 Å². The van der Waals surface area contributed by atoms with Crippen molar-refractivity contribution in [2.45, 2.75) is 25.3 Å². The molecule has 1 saturated carbocycles. The van der Waals surface area contributed by atoms with Crippen LogP contribution in [0.3, 0.4) is 0 Å².